The zero-order chi connectivity index (χ0) is 6.28. The van der Waals surface area contributed by atoms with Crippen LogP contribution in [0.3, 0.4) is 0 Å². The molecule has 1 amide bonds. The Morgan fingerprint density at radius 3 is 1.57 bits per heavy atom. The molecule has 0 aliphatic heterocycles. The summed E-state index contributed by atoms with van der Waals surface area (Å²) >= 11 is 2.62. The van der Waals surface area contributed by atoms with Crippen molar-refractivity contribution in [3.63, 3.8) is 0 Å². The Balaban J connectivity index is 0. The molecule has 0 saturated heterocycles. The van der Waals surface area contributed by atoms with Crippen LogP contribution in [-0.4, -0.2) is 25.4 Å². The summed E-state index contributed by atoms with van der Waals surface area (Å²) in [6, 6.07) is 0. The van der Waals surface area contributed by atoms with E-state index in [0.717, 1.165) is 6.41 Å². The Kier molecular flexibility index (Phi) is 13.1. The number of carbonyl (C=O) groups excluding carboxylic acids is 1. The SMILES string of the molecule is CN(C)C=O.[O]=[Ni]. The predicted octanol–water partition coefficient (Wildman–Crippen LogP) is -0.417. The van der Waals surface area contributed by atoms with Crippen LogP contribution in [0.25, 0.3) is 0 Å². The summed E-state index contributed by atoms with van der Waals surface area (Å²) in [6.07, 6.45) is 0.750. The summed E-state index contributed by atoms with van der Waals surface area (Å²) < 4.78 is 7.88. The molecule has 0 radical (unpaired) electrons. The van der Waals surface area contributed by atoms with Gasteiger partial charge in [-0.25, -0.2) is 0 Å². The molecule has 46 valence electrons. The molecular weight excluding hydrogens is 141 g/mol. The second kappa shape index (κ2) is 9.23. The van der Waals surface area contributed by atoms with Gasteiger partial charge in [0.2, 0.25) is 6.41 Å². The Labute approximate surface area is 50.2 Å². The molecule has 0 aromatic carbocycles. The number of nitrogens with zero attached hydrogens (tertiary/aromatic N) is 1. The third-order valence-electron chi connectivity index (χ3n) is 0.211. The van der Waals surface area contributed by atoms with Crippen molar-refractivity contribution in [2.75, 3.05) is 14.1 Å². The van der Waals surface area contributed by atoms with Crippen LogP contribution in [0.5, 0.6) is 0 Å². The van der Waals surface area contributed by atoms with E-state index in [1.807, 2.05) is 0 Å². The van der Waals surface area contributed by atoms with Gasteiger partial charge >= 0.3 is 19.3 Å². The van der Waals surface area contributed by atoms with E-state index in [1.54, 1.807) is 14.1 Å². The summed E-state index contributed by atoms with van der Waals surface area (Å²) in [7, 11) is 3.38. The van der Waals surface area contributed by atoms with Crippen molar-refractivity contribution < 1.29 is 24.1 Å². The predicted molar refractivity (Wildman–Crippen MR) is 20.4 cm³/mol. The molecule has 0 saturated carbocycles. The molecule has 0 rings (SSSR count). The second-order valence-electron chi connectivity index (χ2n) is 1.07. The monoisotopic (exact) mass is 147 g/mol. The quantitative estimate of drug-likeness (QED) is 0.374. The van der Waals surface area contributed by atoms with Crippen LogP contribution >= 0.6 is 0 Å². The Hall–Kier alpha value is -0.236. The number of rotatable bonds is 1. The maximum atomic E-state index is 9.43. The van der Waals surface area contributed by atoms with Gasteiger partial charge in [0.1, 0.15) is 0 Å². The van der Waals surface area contributed by atoms with E-state index in [4.69, 9.17) is 3.90 Å². The van der Waals surface area contributed by atoms with E-state index in [9.17, 15) is 4.79 Å². The molecule has 4 heteroatoms. The van der Waals surface area contributed by atoms with E-state index in [1.165, 1.54) is 4.90 Å². The van der Waals surface area contributed by atoms with E-state index in [0.29, 0.717) is 0 Å². The van der Waals surface area contributed by atoms with Crippen molar-refractivity contribution in [2.24, 2.45) is 0 Å². The number of hydrogen-bond donors (Lipinski definition) is 0. The van der Waals surface area contributed by atoms with Crippen LogP contribution in [0.2, 0.25) is 0 Å². The van der Waals surface area contributed by atoms with Gasteiger partial charge in [0.15, 0.2) is 0 Å². The minimum absolute atomic E-state index is 0.750. The van der Waals surface area contributed by atoms with Gasteiger partial charge in [-0.15, -0.1) is 0 Å². The summed E-state index contributed by atoms with van der Waals surface area (Å²) in [5.74, 6) is 0. The normalized spacial score (nSPS) is 5.71. The summed E-state index contributed by atoms with van der Waals surface area (Å²) in [5, 5.41) is 0. The summed E-state index contributed by atoms with van der Waals surface area (Å²) in [6.45, 7) is 0. The first-order chi connectivity index (χ1) is 3.27. The summed E-state index contributed by atoms with van der Waals surface area (Å²) in [5.41, 5.74) is 0. The van der Waals surface area contributed by atoms with Crippen LogP contribution in [-0.2, 0) is 24.1 Å². The molecule has 0 aliphatic carbocycles. The van der Waals surface area contributed by atoms with E-state index in [2.05, 4.69) is 15.4 Å². The zero-order valence-electron chi connectivity index (χ0n) is 4.16. The zero-order valence-corrected chi connectivity index (χ0v) is 5.14. The van der Waals surface area contributed by atoms with E-state index in [-0.39, 0.29) is 0 Å². The van der Waals surface area contributed by atoms with Crippen LogP contribution in [0.15, 0.2) is 0 Å². The molecule has 0 N–H and O–H groups in total. The van der Waals surface area contributed by atoms with Gasteiger partial charge in [-0.3, -0.25) is 4.79 Å². The molecule has 0 aromatic heterocycles. The van der Waals surface area contributed by atoms with Gasteiger partial charge in [-0.1, -0.05) is 0 Å². The van der Waals surface area contributed by atoms with Crippen molar-refractivity contribution in [2.45, 2.75) is 0 Å². The first kappa shape index (κ1) is 9.90. The van der Waals surface area contributed by atoms with E-state index < -0.39 is 0 Å². The maximum absolute atomic E-state index is 9.43. The molecule has 0 unspecified atom stereocenters. The van der Waals surface area contributed by atoms with Crippen LogP contribution in [0.1, 0.15) is 0 Å². The third-order valence-corrected chi connectivity index (χ3v) is 0.211. The first-order valence-electron chi connectivity index (χ1n) is 1.52. The molecule has 0 fully saturated rings. The molecule has 3 nitrogen and oxygen atoms in total. The number of carbonyl (C=O) groups is 1. The second-order valence-corrected chi connectivity index (χ2v) is 1.07. The average Bonchev–Trinajstić information content (AvgIpc) is 1.73. The minimum atomic E-state index is 0.750. The molecule has 0 aromatic rings. The Bertz CT molecular complexity index is 48.2. The van der Waals surface area contributed by atoms with Crippen LogP contribution in [0, 0.1) is 0 Å². The number of hydrogen-bond acceptors (Lipinski definition) is 2. The van der Waals surface area contributed by atoms with Crippen molar-refractivity contribution in [3.05, 3.63) is 0 Å². The van der Waals surface area contributed by atoms with Gasteiger partial charge in [0, 0.05) is 14.1 Å². The third kappa shape index (κ3) is 26.2. The fourth-order valence-corrected chi connectivity index (χ4v) is 0. The van der Waals surface area contributed by atoms with Gasteiger partial charge in [-0.05, 0) is 0 Å². The molecular formula is C3H7NNiO2. The fourth-order valence-electron chi connectivity index (χ4n) is 0. The van der Waals surface area contributed by atoms with Crippen LogP contribution in [0.4, 0.5) is 0 Å². The Morgan fingerprint density at radius 1 is 1.43 bits per heavy atom. The average molecular weight is 148 g/mol. The van der Waals surface area contributed by atoms with Gasteiger partial charge in [0.25, 0.3) is 0 Å². The molecule has 0 heterocycles. The Morgan fingerprint density at radius 2 is 1.57 bits per heavy atom. The summed E-state index contributed by atoms with van der Waals surface area (Å²) in [4.78, 5) is 10.9. The van der Waals surface area contributed by atoms with Gasteiger partial charge in [0.05, 0.1) is 0 Å². The molecule has 0 atom stereocenters. The van der Waals surface area contributed by atoms with Crippen molar-refractivity contribution in [1.82, 2.24) is 4.90 Å². The molecule has 0 aliphatic rings. The topological polar surface area (TPSA) is 37.4 Å². The van der Waals surface area contributed by atoms with Gasteiger partial charge in [-0.2, -0.15) is 0 Å². The fraction of sp³-hybridized carbons (Fsp3) is 0.667. The van der Waals surface area contributed by atoms with Crippen molar-refractivity contribution in [1.29, 1.82) is 0 Å². The van der Waals surface area contributed by atoms with Crippen LogP contribution < -0.4 is 0 Å². The molecule has 7 heavy (non-hydrogen) atoms. The van der Waals surface area contributed by atoms with Gasteiger partial charge < -0.3 is 4.90 Å². The van der Waals surface area contributed by atoms with E-state index >= 15 is 0 Å². The van der Waals surface area contributed by atoms with Crippen molar-refractivity contribution in [3.8, 4) is 0 Å². The standard InChI is InChI=1S/C3H7NO.Ni.O/c1-4(2)3-5;;/h3H,1-2H3;;. The first-order valence-corrected chi connectivity index (χ1v) is 1.92. The molecule has 0 spiro atoms. The number of amides is 1. The van der Waals surface area contributed by atoms with Crippen molar-refractivity contribution >= 4 is 6.41 Å². The molecule has 0 bridgehead atoms.